The number of rotatable bonds is 3. The molecule has 1 heterocycles. The molecule has 0 radical (unpaired) electrons. The van der Waals surface area contributed by atoms with Gasteiger partial charge in [-0.25, -0.2) is 0 Å². The maximum absolute atomic E-state index is 4.04. The number of nitrogens with zero attached hydrogens (tertiary/aromatic N) is 2. The second-order valence-electron chi connectivity index (χ2n) is 3.85. The zero-order valence-electron chi connectivity index (χ0n) is 8.53. The Hall–Kier alpha value is -0.0900. The number of hydrogen-bond donors (Lipinski definition) is 0. The third kappa shape index (κ3) is 2.70. The monoisotopic (exact) mass is 228 g/mol. The van der Waals surface area contributed by atoms with E-state index in [-0.39, 0.29) is 0 Å². The summed E-state index contributed by atoms with van der Waals surface area (Å²) in [5.74, 6) is 1.12. The van der Waals surface area contributed by atoms with Crippen molar-refractivity contribution >= 4 is 23.3 Å². The number of aromatic nitrogens is 2. The summed E-state index contributed by atoms with van der Waals surface area (Å²) in [5, 5.41) is 4.93. The van der Waals surface area contributed by atoms with Gasteiger partial charge >= 0.3 is 0 Å². The molecule has 0 bridgehead atoms. The molecule has 4 heteroatoms. The van der Waals surface area contributed by atoms with Crippen molar-refractivity contribution in [2.45, 2.75) is 50.0 Å². The fourth-order valence-corrected chi connectivity index (χ4v) is 3.92. The average Bonchev–Trinajstić information content (AvgIpc) is 2.63. The fourth-order valence-electron chi connectivity index (χ4n) is 1.81. The second-order valence-corrected chi connectivity index (χ2v) is 5.98. The summed E-state index contributed by atoms with van der Waals surface area (Å²) < 4.78 is 3.96. The molecular formula is C10H16N2S2. The van der Waals surface area contributed by atoms with Gasteiger partial charge in [-0.05, 0) is 31.3 Å². The summed E-state index contributed by atoms with van der Waals surface area (Å²) in [4.78, 5) is 1.36. The van der Waals surface area contributed by atoms with Crippen LogP contribution in [0.15, 0.2) is 0 Å². The van der Waals surface area contributed by atoms with Crippen LogP contribution in [0.3, 0.4) is 0 Å². The maximum atomic E-state index is 4.04. The van der Waals surface area contributed by atoms with Gasteiger partial charge in [-0.3, -0.25) is 0 Å². The lowest BCUT2D eigenvalue weighted by molar-refractivity contribution is 0.516. The van der Waals surface area contributed by atoms with Gasteiger partial charge in [0.05, 0.1) is 10.6 Å². The van der Waals surface area contributed by atoms with Gasteiger partial charge in [0.2, 0.25) is 0 Å². The Kier molecular flexibility index (Phi) is 3.81. The van der Waals surface area contributed by atoms with Crippen molar-refractivity contribution in [1.82, 2.24) is 9.59 Å². The van der Waals surface area contributed by atoms with E-state index < -0.39 is 0 Å². The number of thioether (sulfide) groups is 1. The second kappa shape index (κ2) is 5.12. The van der Waals surface area contributed by atoms with Crippen molar-refractivity contribution in [2.24, 2.45) is 0 Å². The lowest BCUT2D eigenvalue weighted by Crippen LogP contribution is -2.08. The molecular weight excluding hydrogens is 212 g/mol. The molecule has 0 saturated heterocycles. The van der Waals surface area contributed by atoms with Crippen molar-refractivity contribution in [3.8, 4) is 0 Å². The van der Waals surface area contributed by atoms with E-state index in [0.717, 1.165) is 16.7 Å². The van der Waals surface area contributed by atoms with Crippen molar-refractivity contribution in [1.29, 1.82) is 0 Å². The first-order valence-corrected chi connectivity index (χ1v) is 7.08. The van der Waals surface area contributed by atoms with E-state index in [9.17, 15) is 0 Å². The first-order chi connectivity index (χ1) is 6.86. The summed E-state index contributed by atoms with van der Waals surface area (Å²) in [7, 11) is 0. The number of aryl methyl sites for hydroxylation is 1. The predicted molar refractivity (Wildman–Crippen MR) is 62.8 cm³/mol. The van der Waals surface area contributed by atoms with E-state index in [1.165, 1.54) is 37.0 Å². The van der Waals surface area contributed by atoms with Crippen molar-refractivity contribution in [2.75, 3.05) is 0 Å². The van der Waals surface area contributed by atoms with Gasteiger partial charge in [0.1, 0.15) is 0 Å². The fraction of sp³-hybridized carbons (Fsp3) is 0.800. The molecule has 2 rings (SSSR count). The highest BCUT2D eigenvalue weighted by atomic mass is 32.2. The Morgan fingerprint density at radius 2 is 2.14 bits per heavy atom. The Bertz CT molecular complexity index is 279. The molecule has 1 aromatic heterocycles. The van der Waals surface area contributed by atoms with E-state index in [0.29, 0.717) is 0 Å². The molecule has 1 fully saturated rings. The van der Waals surface area contributed by atoms with Gasteiger partial charge in [-0.2, -0.15) is 11.8 Å². The highest BCUT2D eigenvalue weighted by Gasteiger charge is 2.14. The Morgan fingerprint density at radius 3 is 2.79 bits per heavy atom. The van der Waals surface area contributed by atoms with Gasteiger partial charge in [0.15, 0.2) is 0 Å². The SMILES string of the molecule is Cc1nnsc1CSC1CCCCC1. The van der Waals surface area contributed by atoms with Gasteiger partial charge in [0.25, 0.3) is 0 Å². The standard InChI is InChI=1S/C10H16N2S2/c1-8-10(14-12-11-8)7-13-9-5-3-2-4-6-9/h9H,2-7H2,1H3. The molecule has 2 nitrogen and oxygen atoms in total. The molecule has 1 aliphatic carbocycles. The van der Waals surface area contributed by atoms with Gasteiger partial charge in [-0.1, -0.05) is 23.8 Å². The third-order valence-electron chi connectivity index (χ3n) is 2.75. The van der Waals surface area contributed by atoms with Crippen LogP contribution in [0.4, 0.5) is 0 Å². The van der Waals surface area contributed by atoms with E-state index >= 15 is 0 Å². The lowest BCUT2D eigenvalue weighted by Gasteiger charge is -2.20. The normalized spacial score (nSPS) is 18.6. The maximum Gasteiger partial charge on any atom is 0.0765 e. The van der Waals surface area contributed by atoms with E-state index in [2.05, 4.69) is 28.3 Å². The molecule has 0 atom stereocenters. The van der Waals surface area contributed by atoms with Crippen LogP contribution in [0.2, 0.25) is 0 Å². The van der Waals surface area contributed by atoms with Crippen LogP contribution in [0.5, 0.6) is 0 Å². The van der Waals surface area contributed by atoms with Crippen molar-refractivity contribution in [3.05, 3.63) is 10.6 Å². The van der Waals surface area contributed by atoms with Gasteiger partial charge < -0.3 is 0 Å². The molecule has 0 spiro atoms. The smallest absolute Gasteiger partial charge is 0.0765 e. The molecule has 0 aliphatic heterocycles. The lowest BCUT2D eigenvalue weighted by atomic mass is 10.0. The molecule has 0 unspecified atom stereocenters. The Balaban J connectivity index is 1.79. The molecule has 14 heavy (non-hydrogen) atoms. The Labute approximate surface area is 93.7 Å². The van der Waals surface area contributed by atoms with Crippen LogP contribution in [-0.4, -0.2) is 14.8 Å². The molecule has 0 aromatic carbocycles. The van der Waals surface area contributed by atoms with Crippen LogP contribution in [-0.2, 0) is 5.75 Å². The Morgan fingerprint density at radius 1 is 1.36 bits per heavy atom. The number of hydrogen-bond acceptors (Lipinski definition) is 4. The molecule has 0 N–H and O–H groups in total. The van der Waals surface area contributed by atoms with Crippen LogP contribution in [0.1, 0.15) is 42.7 Å². The van der Waals surface area contributed by atoms with Crippen molar-refractivity contribution < 1.29 is 0 Å². The van der Waals surface area contributed by atoms with Crippen LogP contribution < -0.4 is 0 Å². The molecule has 1 saturated carbocycles. The van der Waals surface area contributed by atoms with E-state index in [4.69, 9.17) is 0 Å². The molecule has 1 aliphatic rings. The average molecular weight is 228 g/mol. The highest BCUT2D eigenvalue weighted by Crippen LogP contribution is 2.31. The summed E-state index contributed by atoms with van der Waals surface area (Å²) >= 11 is 3.66. The summed E-state index contributed by atoms with van der Waals surface area (Å²) in [6.45, 7) is 2.06. The zero-order chi connectivity index (χ0) is 9.80. The molecule has 0 amide bonds. The summed E-state index contributed by atoms with van der Waals surface area (Å²) in [6, 6.07) is 0. The van der Waals surface area contributed by atoms with Crippen LogP contribution >= 0.6 is 23.3 Å². The van der Waals surface area contributed by atoms with Crippen LogP contribution in [0.25, 0.3) is 0 Å². The van der Waals surface area contributed by atoms with Gasteiger partial charge in [-0.15, -0.1) is 5.10 Å². The molecule has 78 valence electrons. The largest absolute Gasteiger partial charge is 0.153 e. The minimum absolute atomic E-state index is 0.894. The van der Waals surface area contributed by atoms with Gasteiger partial charge in [0, 0.05) is 11.0 Å². The summed E-state index contributed by atoms with van der Waals surface area (Å²) in [6.07, 6.45) is 7.12. The highest BCUT2D eigenvalue weighted by molar-refractivity contribution is 7.99. The van der Waals surface area contributed by atoms with Crippen LogP contribution in [0, 0.1) is 6.92 Å². The topological polar surface area (TPSA) is 25.8 Å². The van der Waals surface area contributed by atoms with E-state index in [1.54, 1.807) is 11.5 Å². The minimum atomic E-state index is 0.894. The first-order valence-electron chi connectivity index (χ1n) is 5.25. The minimum Gasteiger partial charge on any atom is -0.153 e. The predicted octanol–water partition coefficient (Wildman–Crippen LogP) is 3.41. The van der Waals surface area contributed by atoms with E-state index in [1.807, 2.05) is 0 Å². The summed E-state index contributed by atoms with van der Waals surface area (Å²) in [5.41, 5.74) is 1.12. The van der Waals surface area contributed by atoms with Crippen molar-refractivity contribution in [3.63, 3.8) is 0 Å². The zero-order valence-corrected chi connectivity index (χ0v) is 10.2. The molecule has 1 aromatic rings. The first kappa shape index (κ1) is 10.4. The quantitative estimate of drug-likeness (QED) is 0.793. The third-order valence-corrected chi connectivity index (χ3v) is 5.15.